The van der Waals surface area contributed by atoms with Crippen LogP contribution in [0.25, 0.3) is 0 Å². The highest BCUT2D eigenvalue weighted by Gasteiger charge is 2.18. The quantitative estimate of drug-likeness (QED) is 0.504. The third-order valence-electron chi connectivity index (χ3n) is 1.24. The first-order valence-electron chi connectivity index (χ1n) is 2.66. The number of hydrogen-bond acceptors (Lipinski definition) is 3. The smallest absolute Gasteiger partial charge is 0.332 e. The fourth-order valence-electron chi connectivity index (χ4n) is 0.708. The Morgan fingerprint density at radius 2 is 2.10 bits per heavy atom. The van der Waals surface area contributed by atoms with Crippen molar-refractivity contribution >= 4 is 5.97 Å². The lowest BCUT2D eigenvalue weighted by molar-refractivity contribution is -0.132. The van der Waals surface area contributed by atoms with Gasteiger partial charge in [0.05, 0.1) is 0 Å². The largest absolute Gasteiger partial charge is 0.508 e. The molecule has 0 amide bonds. The second kappa shape index (κ2) is 2.06. The van der Waals surface area contributed by atoms with E-state index < -0.39 is 5.97 Å². The number of hydrogen-bond donors (Lipinski definition) is 3. The summed E-state index contributed by atoms with van der Waals surface area (Å²) in [6.07, 6.45) is 0.957. The molecule has 1 aliphatic carbocycles. The summed E-state index contributed by atoms with van der Waals surface area (Å²) in [4.78, 5) is 10.2. The van der Waals surface area contributed by atoms with Crippen LogP contribution >= 0.6 is 0 Å². The first-order chi connectivity index (χ1) is 4.61. The normalized spacial score (nSPS) is 17.4. The van der Waals surface area contributed by atoms with E-state index in [0.29, 0.717) is 0 Å². The molecule has 0 aliphatic heterocycles. The molecule has 0 fully saturated rings. The molecule has 0 aromatic heterocycles. The molecule has 4 heteroatoms. The molecule has 0 saturated heterocycles. The molecule has 10 heavy (non-hydrogen) atoms. The Kier molecular flexibility index (Phi) is 1.37. The van der Waals surface area contributed by atoms with Crippen LogP contribution in [0.15, 0.2) is 23.2 Å². The lowest BCUT2D eigenvalue weighted by atomic mass is 10.2. The molecular formula is C6H6O4. The van der Waals surface area contributed by atoms with Gasteiger partial charge in [-0.3, -0.25) is 0 Å². The minimum absolute atomic E-state index is 0.00926. The summed E-state index contributed by atoms with van der Waals surface area (Å²) in [6, 6.07) is 0. The van der Waals surface area contributed by atoms with Gasteiger partial charge in [-0.1, -0.05) is 0 Å². The van der Waals surface area contributed by atoms with E-state index in [2.05, 4.69) is 0 Å². The van der Waals surface area contributed by atoms with Crippen LogP contribution in [-0.4, -0.2) is 21.3 Å². The van der Waals surface area contributed by atoms with Gasteiger partial charge in [0.2, 0.25) is 0 Å². The van der Waals surface area contributed by atoms with Gasteiger partial charge in [0.15, 0.2) is 5.76 Å². The summed E-state index contributed by atoms with van der Waals surface area (Å²) >= 11 is 0. The molecule has 0 heterocycles. The van der Waals surface area contributed by atoms with Crippen molar-refractivity contribution in [2.24, 2.45) is 0 Å². The molecular weight excluding hydrogens is 136 g/mol. The number of rotatable bonds is 1. The Morgan fingerprint density at radius 3 is 2.30 bits per heavy atom. The molecule has 0 aromatic rings. The predicted molar refractivity (Wildman–Crippen MR) is 32.6 cm³/mol. The Labute approximate surface area is 56.7 Å². The average Bonchev–Trinajstić information content (AvgIpc) is 2.13. The minimum Gasteiger partial charge on any atom is -0.508 e. The molecule has 54 valence electrons. The van der Waals surface area contributed by atoms with Gasteiger partial charge in [-0.05, 0) is 6.08 Å². The minimum atomic E-state index is -1.12. The number of carboxylic acid groups (broad SMARTS) is 1. The van der Waals surface area contributed by atoms with Crippen molar-refractivity contribution in [3.8, 4) is 0 Å². The average molecular weight is 142 g/mol. The molecule has 4 nitrogen and oxygen atoms in total. The lowest BCUT2D eigenvalue weighted by Crippen LogP contribution is -1.97. The van der Waals surface area contributed by atoms with Crippen LogP contribution in [0.2, 0.25) is 0 Å². The number of aliphatic hydroxyl groups is 2. The molecule has 0 saturated carbocycles. The fourth-order valence-corrected chi connectivity index (χ4v) is 0.708. The maximum atomic E-state index is 10.2. The van der Waals surface area contributed by atoms with Crippen LogP contribution in [0.5, 0.6) is 0 Å². The Balaban J connectivity index is 2.79. The third-order valence-corrected chi connectivity index (χ3v) is 1.24. The Bertz CT molecular complexity index is 236. The first-order valence-corrected chi connectivity index (χ1v) is 2.66. The van der Waals surface area contributed by atoms with Crippen LogP contribution in [-0.2, 0) is 4.79 Å². The number of allylic oxidation sites excluding steroid dienone is 2. The zero-order chi connectivity index (χ0) is 7.72. The molecule has 3 N–H and O–H groups in total. The first kappa shape index (κ1) is 6.67. The van der Waals surface area contributed by atoms with Crippen molar-refractivity contribution in [3.05, 3.63) is 23.2 Å². The zero-order valence-electron chi connectivity index (χ0n) is 5.03. The number of carbonyl (C=O) groups is 1. The number of carboxylic acids is 1. The number of aliphatic hydroxyl groups excluding tert-OH is 2. The molecule has 0 unspecified atom stereocenters. The molecule has 0 bridgehead atoms. The topological polar surface area (TPSA) is 77.8 Å². The molecule has 1 rings (SSSR count). The van der Waals surface area contributed by atoms with Crippen LogP contribution < -0.4 is 0 Å². The molecule has 0 radical (unpaired) electrons. The van der Waals surface area contributed by atoms with Crippen molar-refractivity contribution < 1.29 is 20.1 Å². The van der Waals surface area contributed by atoms with Gasteiger partial charge in [0.1, 0.15) is 5.76 Å². The van der Waals surface area contributed by atoms with Gasteiger partial charge in [0.25, 0.3) is 0 Å². The van der Waals surface area contributed by atoms with Crippen molar-refractivity contribution in [3.63, 3.8) is 0 Å². The molecule has 1 aliphatic rings. The molecule has 0 atom stereocenters. The van der Waals surface area contributed by atoms with Gasteiger partial charge in [-0.15, -0.1) is 0 Å². The maximum Gasteiger partial charge on any atom is 0.332 e. The van der Waals surface area contributed by atoms with Crippen molar-refractivity contribution in [1.82, 2.24) is 0 Å². The van der Waals surface area contributed by atoms with Gasteiger partial charge in [-0.25, -0.2) is 4.79 Å². The molecule has 0 spiro atoms. The Hall–Kier alpha value is -1.45. The van der Waals surface area contributed by atoms with Crippen molar-refractivity contribution in [2.75, 3.05) is 0 Å². The van der Waals surface area contributed by atoms with E-state index in [1.807, 2.05) is 0 Å². The van der Waals surface area contributed by atoms with Gasteiger partial charge in [-0.2, -0.15) is 0 Å². The predicted octanol–water partition coefficient (Wildman–Crippen LogP) is 0.729. The van der Waals surface area contributed by atoms with Crippen molar-refractivity contribution in [1.29, 1.82) is 0 Å². The van der Waals surface area contributed by atoms with E-state index in [4.69, 9.17) is 15.3 Å². The van der Waals surface area contributed by atoms with Crippen LogP contribution in [0, 0.1) is 0 Å². The van der Waals surface area contributed by atoms with E-state index in [1.165, 1.54) is 0 Å². The molecule has 0 aromatic carbocycles. The van der Waals surface area contributed by atoms with E-state index in [0.717, 1.165) is 6.08 Å². The van der Waals surface area contributed by atoms with E-state index in [1.54, 1.807) is 0 Å². The zero-order valence-corrected chi connectivity index (χ0v) is 5.03. The van der Waals surface area contributed by atoms with Crippen molar-refractivity contribution in [2.45, 2.75) is 6.42 Å². The van der Waals surface area contributed by atoms with Crippen LogP contribution in [0.1, 0.15) is 6.42 Å². The highest BCUT2D eigenvalue weighted by atomic mass is 16.4. The Morgan fingerprint density at radius 1 is 1.50 bits per heavy atom. The summed E-state index contributed by atoms with van der Waals surface area (Å²) in [6.45, 7) is 0. The monoisotopic (exact) mass is 142 g/mol. The second-order valence-electron chi connectivity index (χ2n) is 1.98. The van der Waals surface area contributed by atoms with Crippen LogP contribution in [0.3, 0.4) is 0 Å². The summed E-state index contributed by atoms with van der Waals surface area (Å²) in [5, 5.41) is 25.8. The van der Waals surface area contributed by atoms with Gasteiger partial charge >= 0.3 is 5.97 Å². The third kappa shape index (κ3) is 0.953. The maximum absolute atomic E-state index is 10.2. The summed E-state index contributed by atoms with van der Waals surface area (Å²) in [5.41, 5.74) is 0.00926. The standard InChI is InChI=1S/C6H6O4/c7-4-1-3(6(9)10)2-5(4)8/h1,7-8H,2H2,(H,9,10). The fraction of sp³-hybridized carbons (Fsp3) is 0.167. The summed E-state index contributed by atoms with van der Waals surface area (Å²) in [5.74, 6) is -1.74. The second-order valence-corrected chi connectivity index (χ2v) is 1.98. The summed E-state index contributed by atoms with van der Waals surface area (Å²) in [7, 11) is 0. The SMILES string of the molecule is O=C(O)C1=CC(O)=C(O)C1. The van der Waals surface area contributed by atoms with E-state index >= 15 is 0 Å². The van der Waals surface area contributed by atoms with E-state index in [9.17, 15) is 4.79 Å². The van der Waals surface area contributed by atoms with Gasteiger partial charge < -0.3 is 15.3 Å². The number of aliphatic carboxylic acids is 1. The lowest BCUT2D eigenvalue weighted by Gasteiger charge is -1.90. The highest BCUT2D eigenvalue weighted by Crippen LogP contribution is 2.20. The van der Waals surface area contributed by atoms with E-state index in [-0.39, 0.29) is 23.5 Å². The highest BCUT2D eigenvalue weighted by molar-refractivity contribution is 5.88. The van der Waals surface area contributed by atoms with Gasteiger partial charge in [0, 0.05) is 12.0 Å². The summed E-state index contributed by atoms with van der Waals surface area (Å²) < 4.78 is 0. The van der Waals surface area contributed by atoms with Crippen LogP contribution in [0.4, 0.5) is 0 Å².